The van der Waals surface area contributed by atoms with Crippen LogP contribution in [0.4, 0.5) is 0 Å². The number of carbonyl (C=O) groups excluding carboxylic acids is 1. The van der Waals surface area contributed by atoms with E-state index in [1.807, 2.05) is 37.3 Å². The number of amides is 1. The smallest absolute Gasteiger partial charge is 0.253 e. The van der Waals surface area contributed by atoms with Gasteiger partial charge >= 0.3 is 0 Å². The second-order valence-electron chi connectivity index (χ2n) is 6.36. The van der Waals surface area contributed by atoms with E-state index < -0.39 is 15.9 Å². The van der Waals surface area contributed by atoms with Crippen LogP contribution >= 0.6 is 11.6 Å². The topological polar surface area (TPSA) is 66.5 Å². The lowest BCUT2D eigenvalue weighted by atomic mass is 10.1. The van der Waals surface area contributed by atoms with Gasteiger partial charge < -0.3 is 5.32 Å². The Balaban J connectivity index is 1.84. The van der Waals surface area contributed by atoms with Crippen molar-refractivity contribution >= 4 is 27.5 Å². The van der Waals surface area contributed by atoms with Crippen molar-refractivity contribution in [3.05, 3.63) is 64.7 Å². The fourth-order valence-corrected chi connectivity index (χ4v) is 4.76. The third-order valence-electron chi connectivity index (χ3n) is 4.53. The number of hydrogen-bond donors (Lipinski definition) is 1. The van der Waals surface area contributed by atoms with Crippen molar-refractivity contribution in [2.45, 2.75) is 30.7 Å². The molecule has 26 heavy (non-hydrogen) atoms. The third-order valence-corrected chi connectivity index (χ3v) is 6.76. The molecule has 0 saturated carbocycles. The Kier molecular flexibility index (Phi) is 5.65. The number of rotatable bonds is 5. The Bertz CT molecular complexity index is 894. The lowest BCUT2D eigenvalue weighted by Gasteiger charge is -2.18. The molecular weight excluding hydrogens is 372 g/mol. The van der Waals surface area contributed by atoms with Crippen LogP contribution in [0.2, 0.25) is 5.02 Å². The molecule has 1 saturated heterocycles. The maximum atomic E-state index is 12.7. The summed E-state index contributed by atoms with van der Waals surface area (Å²) in [7, 11) is -3.60. The van der Waals surface area contributed by atoms with Gasteiger partial charge in [-0.2, -0.15) is 4.31 Å². The van der Waals surface area contributed by atoms with Gasteiger partial charge in [0.25, 0.3) is 5.91 Å². The van der Waals surface area contributed by atoms with Crippen molar-refractivity contribution in [3.8, 4) is 0 Å². The summed E-state index contributed by atoms with van der Waals surface area (Å²) in [5.41, 5.74) is 1.12. The normalized spacial score (nSPS) is 16.4. The molecule has 1 N–H and O–H groups in total. The van der Waals surface area contributed by atoms with Gasteiger partial charge in [0.2, 0.25) is 10.0 Å². The highest BCUT2D eigenvalue weighted by Gasteiger charge is 2.28. The maximum Gasteiger partial charge on any atom is 0.253 e. The van der Waals surface area contributed by atoms with E-state index in [-0.39, 0.29) is 21.5 Å². The Hall–Kier alpha value is -1.89. The van der Waals surface area contributed by atoms with E-state index in [4.69, 9.17) is 11.6 Å². The van der Waals surface area contributed by atoms with Crippen LogP contribution in [0.25, 0.3) is 0 Å². The molecule has 0 radical (unpaired) electrons. The van der Waals surface area contributed by atoms with Gasteiger partial charge in [0, 0.05) is 13.1 Å². The predicted octanol–water partition coefficient (Wildman–Crippen LogP) is 3.62. The highest BCUT2D eigenvalue weighted by atomic mass is 35.5. The molecule has 1 amide bonds. The molecule has 0 spiro atoms. The lowest BCUT2D eigenvalue weighted by molar-refractivity contribution is 0.0940. The summed E-state index contributed by atoms with van der Waals surface area (Å²) in [4.78, 5) is 12.7. The fraction of sp³-hybridized carbons (Fsp3) is 0.316. The first-order valence-electron chi connectivity index (χ1n) is 8.55. The van der Waals surface area contributed by atoms with Crippen molar-refractivity contribution in [1.29, 1.82) is 0 Å². The average Bonchev–Trinajstić information content (AvgIpc) is 3.18. The molecule has 138 valence electrons. The molecule has 5 nitrogen and oxygen atoms in total. The van der Waals surface area contributed by atoms with Crippen LogP contribution in [0.5, 0.6) is 0 Å². The summed E-state index contributed by atoms with van der Waals surface area (Å²) >= 11 is 6.16. The van der Waals surface area contributed by atoms with Gasteiger partial charge in [-0.25, -0.2) is 8.42 Å². The predicted molar refractivity (Wildman–Crippen MR) is 102 cm³/mol. The van der Waals surface area contributed by atoms with Crippen LogP contribution in [-0.4, -0.2) is 31.7 Å². The molecule has 3 rings (SSSR count). The molecule has 1 heterocycles. The first-order chi connectivity index (χ1) is 12.4. The van der Waals surface area contributed by atoms with Crippen LogP contribution in [-0.2, 0) is 10.0 Å². The Morgan fingerprint density at radius 1 is 1.12 bits per heavy atom. The van der Waals surface area contributed by atoms with E-state index in [1.54, 1.807) is 0 Å². The minimum absolute atomic E-state index is 0.0984. The number of nitrogens with zero attached hydrogens (tertiary/aromatic N) is 1. The van der Waals surface area contributed by atoms with Gasteiger partial charge in [0.05, 0.1) is 21.5 Å². The van der Waals surface area contributed by atoms with Crippen molar-refractivity contribution in [2.75, 3.05) is 13.1 Å². The first kappa shape index (κ1) is 18.9. The van der Waals surface area contributed by atoms with E-state index in [0.717, 1.165) is 18.4 Å². The zero-order valence-electron chi connectivity index (χ0n) is 14.5. The second kappa shape index (κ2) is 7.78. The molecule has 2 aromatic carbocycles. The van der Waals surface area contributed by atoms with Gasteiger partial charge in [0.15, 0.2) is 0 Å². The van der Waals surface area contributed by atoms with Crippen molar-refractivity contribution in [1.82, 2.24) is 9.62 Å². The number of hydrogen-bond acceptors (Lipinski definition) is 3. The highest BCUT2D eigenvalue weighted by Crippen LogP contribution is 2.26. The van der Waals surface area contributed by atoms with Crippen LogP contribution < -0.4 is 5.32 Å². The molecule has 1 atom stereocenters. The standard InChI is InChI=1S/C19H21ClN2O3S/c1-14(15-7-3-2-4-8-15)21-19(23)17-13-16(9-10-18(17)20)26(24,25)22-11-5-6-12-22/h2-4,7-10,13-14H,5-6,11-12H2,1H3,(H,21,23). The summed E-state index contributed by atoms with van der Waals surface area (Å²) in [6.45, 7) is 2.89. The molecule has 0 aromatic heterocycles. The molecule has 0 aliphatic carbocycles. The molecular formula is C19H21ClN2O3S. The fourth-order valence-electron chi connectivity index (χ4n) is 3.02. The highest BCUT2D eigenvalue weighted by molar-refractivity contribution is 7.89. The van der Waals surface area contributed by atoms with Crippen LogP contribution in [0.1, 0.15) is 41.7 Å². The molecule has 2 aromatic rings. The zero-order chi connectivity index (χ0) is 18.7. The Morgan fingerprint density at radius 3 is 2.42 bits per heavy atom. The molecule has 7 heteroatoms. The van der Waals surface area contributed by atoms with Crippen molar-refractivity contribution < 1.29 is 13.2 Å². The van der Waals surface area contributed by atoms with Gasteiger partial charge in [-0.1, -0.05) is 41.9 Å². The molecule has 1 aliphatic rings. The van der Waals surface area contributed by atoms with Gasteiger partial charge in [-0.05, 0) is 43.5 Å². The second-order valence-corrected chi connectivity index (χ2v) is 8.70. The number of carbonyl (C=O) groups is 1. The number of halogens is 1. The minimum Gasteiger partial charge on any atom is -0.345 e. The minimum atomic E-state index is -3.60. The summed E-state index contributed by atoms with van der Waals surface area (Å²) in [6.07, 6.45) is 1.71. The maximum absolute atomic E-state index is 12.7. The van der Waals surface area contributed by atoms with Crippen LogP contribution in [0.3, 0.4) is 0 Å². The summed E-state index contributed by atoms with van der Waals surface area (Å²) in [6, 6.07) is 13.6. The lowest BCUT2D eigenvalue weighted by Crippen LogP contribution is -2.29. The summed E-state index contributed by atoms with van der Waals surface area (Å²) in [5.74, 6) is -0.398. The van der Waals surface area contributed by atoms with Crippen LogP contribution in [0.15, 0.2) is 53.4 Å². The Morgan fingerprint density at radius 2 is 1.77 bits per heavy atom. The quantitative estimate of drug-likeness (QED) is 0.845. The third kappa shape index (κ3) is 3.92. The van der Waals surface area contributed by atoms with Crippen LogP contribution in [0, 0.1) is 0 Å². The van der Waals surface area contributed by atoms with E-state index in [2.05, 4.69) is 5.32 Å². The van der Waals surface area contributed by atoms with E-state index in [0.29, 0.717) is 13.1 Å². The van der Waals surface area contributed by atoms with Crippen molar-refractivity contribution in [2.24, 2.45) is 0 Å². The van der Waals surface area contributed by atoms with Crippen molar-refractivity contribution in [3.63, 3.8) is 0 Å². The average molecular weight is 393 g/mol. The SMILES string of the molecule is CC(NC(=O)c1cc(S(=O)(=O)N2CCCC2)ccc1Cl)c1ccccc1. The molecule has 1 fully saturated rings. The number of nitrogens with one attached hydrogen (secondary N) is 1. The zero-order valence-corrected chi connectivity index (χ0v) is 16.1. The van der Waals surface area contributed by atoms with Gasteiger partial charge in [-0.15, -0.1) is 0 Å². The van der Waals surface area contributed by atoms with E-state index in [1.165, 1.54) is 22.5 Å². The number of sulfonamides is 1. The van der Waals surface area contributed by atoms with E-state index >= 15 is 0 Å². The summed E-state index contributed by atoms with van der Waals surface area (Å²) < 4.78 is 26.9. The first-order valence-corrected chi connectivity index (χ1v) is 10.4. The molecule has 0 bridgehead atoms. The Labute approximate surface area is 159 Å². The largest absolute Gasteiger partial charge is 0.345 e. The van der Waals surface area contributed by atoms with Gasteiger partial charge in [0.1, 0.15) is 0 Å². The van der Waals surface area contributed by atoms with E-state index in [9.17, 15) is 13.2 Å². The number of benzene rings is 2. The monoisotopic (exact) mass is 392 g/mol. The van der Waals surface area contributed by atoms with Gasteiger partial charge in [-0.3, -0.25) is 4.79 Å². The molecule has 1 unspecified atom stereocenters. The molecule has 1 aliphatic heterocycles. The summed E-state index contributed by atoms with van der Waals surface area (Å²) in [5, 5.41) is 3.09.